The molecule has 0 spiro atoms. The molecule has 0 aromatic heterocycles. The lowest BCUT2D eigenvalue weighted by molar-refractivity contribution is -0.123. The highest BCUT2D eigenvalue weighted by atomic mass is 16.5. The second-order valence-corrected chi connectivity index (χ2v) is 4.89. The van der Waals surface area contributed by atoms with Crippen molar-refractivity contribution in [2.24, 2.45) is 0 Å². The minimum Gasteiger partial charge on any atom is -0.493 e. The highest BCUT2D eigenvalue weighted by molar-refractivity contribution is 5.78. The van der Waals surface area contributed by atoms with Crippen LogP contribution in [0.5, 0.6) is 5.75 Å². The zero-order valence-electron chi connectivity index (χ0n) is 11.8. The number of amides is 1. The molecule has 1 aliphatic rings. The van der Waals surface area contributed by atoms with E-state index < -0.39 is 0 Å². The molecule has 1 unspecified atom stereocenters. The fourth-order valence-corrected chi connectivity index (χ4v) is 2.43. The Balaban J connectivity index is 1.95. The molecule has 0 saturated heterocycles. The van der Waals surface area contributed by atoms with E-state index in [4.69, 9.17) is 9.84 Å². The first-order valence-corrected chi connectivity index (χ1v) is 7.09. The maximum atomic E-state index is 12.1. The Kier molecular flexibility index (Phi) is 5.38. The van der Waals surface area contributed by atoms with Gasteiger partial charge in [-0.2, -0.15) is 0 Å². The lowest BCUT2D eigenvalue weighted by Gasteiger charge is -2.27. The van der Waals surface area contributed by atoms with E-state index in [-0.39, 0.29) is 18.6 Å². The molecule has 1 aromatic carbocycles. The third-order valence-corrected chi connectivity index (χ3v) is 3.52. The molecule has 0 radical (unpaired) electrons. The van der Waals surface area contributed by atoms with Gasteiger partial charge in [-0.25, -0.2) is 0 Å². The Morgan fingerprint density at radius 1 is 1.50 bits per heavy atom. The largest absolute Gasteiger partial charge is 0.493 e. The summed E-state index contributed by atoms with van der Waals surface area (Å²) in [6, 6.07) is 7.82. The van der Waals surface area contributed by atoms with Gasteiger partial charge in [0.05, 0.1) is 25.8 Å². The zero-order chi connectivity index (χ0) is 14.4. The van der Waals surface area contributed by atoms with Gasteiger partial charge in [-0.3, -0.25) is 9.69 Å². The van der Waals surface area contributed by atoms with Gasteiger partial charge in [0.1, 0.15) is 5.75 Å². The van der Waals surface area contributed by atoms with Crippen molar-refractivity contribution in [3.63, 3.8) is 0 Å². The van der Waals surface area contributed by atoms with Gasteiger partial charge in [-0.05, 0) is 12.6 Å². The molecule has 0 saturated carbocycles. The number of aliphatic hydroxyl groups excluding tert-OH is 1. The van der Waals surface area contributed by atoms with Crippen molar-refractivity contribution >= 4 is 5.91 Å². The van der Waals surface area contributed by atoms with Crippen LogP contribution in [0.1, 0.15) is 24.9 Å². The standard InChI is InChI=1S/C15H22N2O3/c1-2-17(8-9-18)11-15(19)16-13-7-10-20-14-6-4-3-5-12(13)14/h3-6,13,18H,2,7-11H2,1H3,(H,16,19). The van der Waals surface area contributed by atoms with Crippen LogP contribution in [0.2, 0.25) is 0 Å². The number of ether oxygens (including phenoxy) is 1. The van der Waals surface area contributed by atoms with Crippen molar-refractivity contribution in [3.05, 3.63) is 29.8 Å². The molecular formula is C15H22N2O3. The van der Waals surface area contributed by atoms with Gasteiger partial charge < -0.3 is 15.2 Å². The molecule has 1 heterocycles. The zero-order valence-corrected chi connectivity index (χ0v) is 11.8. The Morgan fingerprint density at radius 3 is 3.05 bits per heavy atom. The van der Waals surface area contributed by atoms with Crippen LogP contribution in [0.3, 0.4) is 0 Å². The summed E-state index contributed by atoms with van der Waals surface area (Å²) in [4.78, 5) is 14.0. The number of benzene rings is 1. The molecule has 1 amide bonds. The van der Waals surface area contributed by atoms with Crippen molar-refractivity contribution in [2.45, 2.75) is 19.4 Å². The van der Waals surface area contributed by atoms with Gasteiger partial charge in [-0.1, -0.05) is 25.1 Å². The number of carbonyl (C=O) groups is 1. The molecular weight excluding hydrogens is 256 g/mol. The van der Waals surface area contributed by atoms with E-state index >= 15 is 0 Å². The fraction of sp³-hybridized carbons (Fsp3) is 0.533. The molecule has 20 heavy (non-hydrogen) atoms. The molecule has 0 fully saturated rings. The monoisotopic (exact) mass is 278 g/mol. The second-order valence-electron chi connectivity index (χ2n) is 4.89. The maximum Gasteiger partial charge on any atom is 0.234 e. The molecule has 1 aliphatic heterocycles. The molecule has 0 bridgehead atoms. The van der Waals surface area contributed by atoms with E-state index in [2.05, 4.69) is 5.32 Å². The molecule has 2 rings (SSSR count). The van der Waals surface area contributed by atoms with Gasteiger partial charge in [0.2, 0.25) is 5.91 Å². The van der Waals surface area contributed by atoms with Gasteiger partial charge >= 0.3 is 0 Å². The van der Waals surface area contributed by atoms with Gasteiger partial charge in [0.25, 0.3) is 0 Å². The third-order valence-electron chi connectivity index (χ3n) is 3.52. The molecule has 1 atom stereocenters. The predicted octanol–water partition coefficient (Wildman–Crippen LogP) is 0.941. The second kappa shape index (κ2) is 7.26. The number of hydrogen-bond donors (Lipinski definition) is 2. The van der Waals surface area contributed by atoms with Gasteiger partial charge in [0.15, 0.2) is 0 Å². The number of fused-ring (bicyclic) bond motifs is 1. The van der Waals surface area contributed by atoms with Crippen molar-refractivity contribution in [1.82, 2.24) is 10.2 Å². The normalized spacial score (nSPS) is 17.4. The van der Waals surface area contributed by atoms with E-state index in [1.165, 1.54) is 0 Å². The smallest absolute Gasteiger partial charge is 0.234 e. The quantitative estimate of drug-likeness (QED) is 0.813. The van der Waals surface area contributed by atoms with Crippen LogP contribution in [0.25, 0.3) is 0 Å². The number of rotatable bonds is 6. The van der Waals surface area contributed by atoms with Crippen LogP contribution in [-0.2, 0) is 4.79 Å². The first-order valence-electron chi connectivity index (χ1n) is 7.09. The van der Waals surface area contributed by atoms with E-state index in [1.807, 2.05) is 36.1 Å². The van der Waals surface area contributed by atoms with E-state index in [9.17, 15) is 4.79 Å². The van der Waals surface area contributed by atoms with Crippen LogP contribution >= 0.6 is 0 Å². The lowest BCUT2D eigenvalue weighted by Crippen LogP contribution is -2.41. The van der Waals surface area contributed by atoms with Crippen LogP contribution in [0, 0.1) is 0 Å². The van der Waals surface area contributed by atoms with Gasteiger partial charge in [0, 0.05) is 18.5 Å². The number of likely N-dealkylation sites (N-methyl/N-ethyl adjacent to an activating group) is 1. The van der Waals surface area contributed by atoms with Crippen LogP contribution < -0.4 is 10.1 Å². The highest BCUT2D eigenvalue weighted by Crippen LogP contribution is 2.31. The average molecular weight is 278 g/mol. The van der Waals surface area contributed by atoms with Crippen LogP contribution in [-0.4, -0.2) is 48.8 Å². The summed E-state index contributed by atoms with van der Waals surface area (Å²) in [6.07, 6.45) is 0.787. The summed E-state index contributed by atoms with van der Waals surface area (Å²) in [5.74, 6) is 0.841. The number of nitrogens with one attached hydrogen (secondary N) is 1. The van der Waals surface area contributed by atoms with E-state index in [1.54, 1.807) is 0 Å². The third kappa shape index (κ3) is 3.71. The summed E-state index contributed by atoms with van der Waals surface area (Å²) in [7, 11) is 0. The van der Waals surface area contributed by atoms with Gasteiger partial charge in [-0.15, -0.1) is 0 Å². The van der Waals surface area contributed by atoms with Crippen molar-refractivity contribution < 1.29 is 14.6 Å². The summed E-state index contributed by atoms with van der Waals surface area (Å²) in [6.45, 7) is 4.26. The van der Waals surface area contributed by atoms with Crippen molar-refractivity contribution in [1.29, 1.82) is 0 Å². The SMILES string of the molecule is CCN(CCO)CC(=O)NC1CCOc2ccccc21. The maximum absolute atomic E-state index is 12.1. The summed E-state index contributed by atoms with van der Waals surface area (Å²) >= 11 is 0. The number of carbonyl (C=O) groups excluding carboxylic acids is 1. The average Bonchev–Trinajstić information content (AvgIpc) is 2.47. The predicted molar refractivity (Wildman–Crippen MR) is 76.6 cm³/mol. The Bertz CT molecular complexity index is 450. The highest BCUT2D eigenvalue weighted by Gasteiger charge is 2.22. The van der Waals surface area contributed by atoms with Crippen molar-refractivity contribution in [3.8, 4) is 5.75 Å². The first-order chi connectivity index (χ1) is 9.74. The van der Waals surface area contributed by atoms with Crippen molar-refractivity contribution in [2.75, 3.05) is 32.8 Å². The van der Waals surface area contributed by atoms with Crippen LogP contribution in [0.4, 0.5) is 0 Å². The summed E-state index contributed by atoms with van der Waals surface area (Å²) < 4.78 is 5.58. The first kappa shape index (κ1) is 14.8. The summed E-state index contributed by atoms with van der Waals surface area (Å²) in [5.41, 5.74) is 1.04. The Hall–Kier alpha value is -1.59. The minimum atomic E-state index is -0.0120. The Morgan fingerprint density at radius 2 is 2.30 bits per heavy atom. The molecule has 5 heteroatoms. The Labute approximate surface area is 119 Å². The summed E-state index contributed by atoms with van der Waals surface area (Å²) in [5, 5.41) is 12.0. The number of hydrogen-bond acceptors (Lipinski definition) is 4. The molecule has 2 N–H and O–H groups in total. The number of nitrogens with zero attached hydrogens (tertiary/aromatic N) is 1. The van der Waals surface area contributed by atoms with E-state index in [0.717, 1.165) is 24.3 Å². The lowest BCUT2D eigenvalue weighted by atomic mass is 10.0. The molecule has 1 aromatic rings. The number of aliphatic hydroxyl groups is 1. The molecule has 5 nitrogen and oxygen atoms in total. The minimum absolute atomic E-state index is 0.0120. The van der Waals surface area contributed by atoms with E-state index in [0.29, 0.717) is 19.7 Å². The molecule has 110 valence electrons. The number of para-hydroxylation sites is 1. The molecule has 0 aliphatic carbocycles. The topological polar surface area (TPSA) is 61.8 Å². The van der Waals surface area contributed by atoms with Crippen LogP contribution in [0.15, 0.2) is 24.3 Å². The fourth-order valence-electron chi connectivity index (χ4n) is 2.43.